The van der Waals surface area contributed by atoms with E-state index in [4.69, 9.17) is 12.2 Å². The minimum Gasteiger partial charge on any atom is -0.332 e. The van der Waals surface area contributed by atoms with Crippen molar-refractivity contribution in [2.75, 3.05) is 22.1 Å². The Morgan fingerprint density at radius 1 is 1.12 bits per heavy atom. The van der Waals surface area contributed by atoms with Gasteiger partial charge in [-0.05, 0) is 67.5 Å². The van der Waals surface area contributed by atoms with Gasteiger partial charge in [-0.25, -0.2) is 4.39 Å². The summed E-state index contributed by atoms with van der Waals surface area (Å²) in [4.78, 5) is 13.5. The summed E-state index contributed by atoms with van der Waals surface area (Å²) in [5.74, 6) is -0.114. The van der Waals surface area contributed by atoms with Crippen molar-refractivity contribution >= 4 is 40.3 Å². The van der Waals surface area contributed by atoms with Crippen LogP contribution in [-0.2, 0) is 4.79 Å². The number of carbonyl (C=O) groups is 1. The second-order valence-corrected chi connectivity index (χ2v) is 6.15. The number of aryl methyl sites for hydroxylation is 1. The first kappa shape index (κ1) is 16.4. The number of hydrogen-bond acceptors (Lipinski definition) is 2. The minimum absolute atomic E-state index is 0.161. The number of nitrogens with one attached hydrogen (secondary N) is 2. The molecule has 1 aliphatic heterocycles. The Kier molecular flexibility index (Phi) is 4.76. The van der Waals surface area contributed by atoms with Gasteiger partial charge in [0.05, 0.1) is 0 Å². The first-order valence-corrected chi connectivity index (χ1v) is 8.18. The number of carbonyl (C=O) groups excluding carboxylic acids is 1. The average molecular weight is 343 g/mol. The fourth-order valence-corrected chi connectivity index (χ4v) is 2.85. The quantitative estimate of drug-likeness (QED) is 0.825. The molecule has 1 heterocycles. The molecule has 2 aromatic carbocycles. The molecule has 1 aliphatic rings. The number of benzene rings is 2. The molecular formula is C18H18FN3OS. The number of anilines is 3. The van der Waals surface area contributed by atoms with E-state index in [9.17, 15) is 9.18 Å². The summed E-state index contributed by atoms with van der Waals surface area (Å²) in [6, 6.07) is 12.4. The molecule has 0 unspecified atom stereocenters. The van der Waals surface area contributed by atoms with Gasteiger partial charge in [-0.1, -0.05) is 6.07 Å². The molecule has 3 rings (SSSR count). The van der Waals surface area contributed by atoms with Crippen LogP contribution in [0.2, 0.25) is 0 Å². The fourth-order valence-electron chi connectivity index (χ4n) is 2.61. The second kappa shape index (κ2) is 6.97. The fraction of sp³-hybridized carbons (Fsp3) is 0.222. The van der Waals surface area contributed by atoms with Crippen LogP contribution < -0.4 is 15.5 Å². The number of hydrogen-bond donors (Lipinski definition) is 2. The van der Waals surface area contributed by atoms with E-state index in [0.717, 1.165) is 24.3 Å². The highest BCUT2D eigenvalue weighted by molar-refractivity contribution is 7.80. The average Bonchev–Trinajstić information content (AvgIpc) is 2.98. The van der Waals surface area contributed by atoms with Gasteiger partial charge in [0.15, 0.2) is 5.11 Å². The van der Waals surface area contributed by atoms with E-state index in [1.807, 2.05) is 24.3 Å². The van der Waals surface area contributed by atoms with E-state index in [-0.39, 0.29) is 11.7 Å². The maximum atomic E-state index is 13.5. The minimum atomic E-state index is -0.276. The van der Waals surface area contributed by atoms with Gasteiger partial charge in [-0.15, -0.1) is 0 Å². The van der Waals surface area contributed by atoms with Crippen molar-refractivity contribution in [3.05, 3.63) is 53.8 Å². The van der Waals surface area contributed by atoms with Crippen LogP contribution in [0.5, 0.6) is 0 Å². The third-order valence-corrected chi connectivity index (χ3v) is 4.14. The predicted octanol–water partition coefficient (Wildman–Crippen LogP) is 4.07. The van der Waals surface area contributed by atoms with Gasteiger partial charge in [-0.3, -0.25) is 4.79 Å². The summed E-state index contributed by atoms with van der Waals surface area (Å²) in [7, 11) is 0. The molecule has 0 spiro atoms. The zero-order valence-electron chi connectivity index (χ0n) is 13.3. The van der Waals surface area contributed by atoms with Crippen molar-refractivity contribution in [2.45, 2.75) is 19.8 Å². The Morgan fingerprint density at radius 2 is 1.79 bits per heavy atom. The molecule has 2 aromatic rings. The molecular weight excluding hydrogens is 325 g/mol. The van der Waals surface area contributed by atoms with E-state index < -0.39 is 0 Å². The summed E-state index contributed by atoms with van der Waals surface area (Å²) in [5.41, 5.74) is 2.87. The molecule has 0 atom stereocenters. The van der Waals surface area contributed by atoms with Crippen LogP contribution in [-0.4, -0.2) is 17.6 Å². The Bertz CT molecular complexity index is 776. The van der Waals surface area contributed by atoms with Gasteiger partial charge in [0, 0.05) is 30.0 Å². The van der Waals surface area contributed by atoms with Crippen LogP contribution in [0.25, 0.3) is 0 Å². The molecule has 6 heteroatoms. The molecule has 2 N–H and O–H groups in total. The molecule has 1 amide bonds. The second-order valence-electron chi connectivity index (χ2n) is 5.74. The molecule has 1 fully saturated rings. The maximum Gasteiger partial charge on any atom is 0.227 e. The number of rotatable bonds is 3. The van der Waals surface area contributed by atoms with E-state index in [2.05, 4.69) is 10.6 Å². The van der Waals surface area contributed by atoms with Crippen LogP contribution in [0.15, 0.2) is 42.5 Å². The smallest absolute Gasteiger partial charge is 0.227 e. The molecule has 1 saturated heterocycles. The van der Waals surface area contributed by atoms with E-state index in [1.165, 1.54) is 6.07 Å². The maximum absolute atomic E-state index is 13.5. The summed E-state index contributed by atoms with van der Waals surface area (Å²) in [6.07, 6.45) is 1.51. The molecule has 124 valence electrons. The van der Waals surface area contributed by atoms with Crippen molar-refractivity contribution in [2.24, 2.45) is 0 Å². The highest BCUT2D eigenvalue weighted by Crippen LogP contribution is 2.23. The van der Waals surface area contributed by atoms with Crippen LogP contribution in [0.3, 0.4) is 0 Å². The summed E-state index contributed by atoms with van der Waals surface area (Å²) < 4.78 is 13.5. The zero-order valence-corrected chi connectivity index (χ0v) is 14.1. The van der Waals surface area contributed by atoms with Gasteiger partial charge in [0.25, 0.3) is 0 Å². The molecule has 4 nitrogen and oxygen atoms in total. The van der Waals surface area contributed by atoms with Gasteiger partial charge in [0.1, 0.15) is 5.82 Å². The van der Waals surface area contributed by atoms with E-state index >= 15 is 0 Å². The predicted molar refractivity (Wildman–Crippen MR) is 99.0 cm³/mol. The Morgan fingerprint density at radius 3 is 2.42 bits per heavy atom. The van der Waals surface area contributed by atoms with E-state index in [1.54, 1.807) is 24.0 Å². The van der Waals surface area contributed by atoms with Gasteiger partial charge < -0.3 is 15.5 Å². The number of nitrogens with zero attached hydrogens (tertiary/aromatic N) is 1. The summed E-state index contributed by atoms with van der Waals surface area (Å²) in [6.45, 7) is 2.48. The van der Waals surface area contributed by atoms with Gasteiger partial charge in [0.2, 0.25) is 5.91 Å². The highest BCUT2D eigenvalue weighted by atomic mass is 32.1. The summed E-state index contributed by atoms with van der Waals surface area (Å²) >= 11 is 5.24. The van der Waals surface area contributed by atoms with Crippen LogP contribution in [0, 0.1) is 12.7 Å². The Hall–Kier alpha value is -2.47. The van der Waals surface area contributed by atoms with Crippen molar-refractivity contribution in [3.63, 3.8) is 0 Å². The monoisotopic (exact) mass is 343 g/mol. The summed E-state index contributed by atoms with van der Waals surface area (Å²) in [5, 5.41) is 6.38. The van der Waals surface area contributed by atoms with Crippen molar-refractivity contribution in [3.8, 4) is 0 Å². The van der Waals surface area contributed by atoms with Crippen molar-refractivity contribution < 1.29 is 9.18 Å². The lowest BCUT2D eigenvalue weighted by molar-refractivity contribution is -0.117. The third-order valence-electron chi connectivity index (χ3n) is 3.94. The van der Waals surface area contributed by atoms with Gasteiger partial charge >= 0.3 is 0 Å². The number of amides is 1. The van der Waals surface area contributed by atoms with Crippen molar-refractivity contribution in [1.29, 1.82) is 0 Å². The molecule has 0 aromatic heterocycles. The third kappa shape index (κ3) is 3.71. The Labute approximate surface area is 145 Å². The van der Waals surface area contributed by atoms with Crippen LogP contribution in [0.1, 0.15) is 18.4 Å². The normalized spacial score (nSPS) is 13.9. The standard InChI is InChI=1S/C18H18FN3OS/c1-12-4-5-14(11-16(12)19)21-18(24)20-13-6-8-15(9-7-13)22-10-2-3-17(22)23/h4-9,11H,2-3,10H2,1H3,(H2,20,21,24). The lowest BCUT2D eigenvalue weighted by atomic mass is 10.2. The van der Waals surface area contributed by atoms with Crippen molar-refractivity contribution in [1.82, 2.24) is 0 Å². The molecule has 0 radical (unpaired) electrons. The number of thiocarbonyl (C=S) groups is 1. The first-order chi connectivity index (χ1) is 11.5. The molecule has 0 saturated carbocycles. The van der Waals surface area contributed by atoms with Gasteiger partial charge in [-0.2, -0.15) is 0 Å². The van der Waals surface area contributed by atoms with Crippen LogP contribution >= 0.6 is 12.2 Å². The van der Waals surface area contributed by atoms with Crippen LogP contribution in [0.4, 0.5) is 21.5 Å². The molecule has 0 bridgehead atoms. The number of halogens is 1. The lowest BCUT2D eigenvalue weighted by Crippen LogP contribution is -2.23. The largest absolute Gasteiger partial charge is 0.332 e. The lowest BCUT2D eigenvalue weighted by Gasteiger charge is -2.16. The molecule has 0 aliphatic carbocycles. The first-order valence-electron chi connectivity index (χ1n) is 7.77. The molecule has 24 heavy (non-hydrogen) atoms. The SMILES string of the molecule is Cc1ccc(NC(=S)Nc2ccc(N3CCCC3=O)cc2)cc1F. The zero-order chi connectivity index (χ0) is 17.1. The Balaban J connectivity index is 1.62. The topological polar surface area (TPSA) is 44.4 Å². The highest BCUT2D eigenvalue weighted by Gasteiger charge is 2.21. The van der Waals surface area contributed by atoms with E-state index in [0.29, 0.717) is 22.8 Å².